The quantitative estimate of drug-likeness (QED) is 0.217. The molecule has 5 rings (SSSR count). The zero-order valence-electron chi connectivity index (χ0n) is 19.6. The molecular weight excluding hydrogens is 507 g/mol. The highest BCUT2D eigenvalue weighted by atomic mass is 32.2. The van der Waals surface area contributed by atoms with Crippen molar-refractivity contribution in [1.82, 2.24) is 5.32 Å². The molecule has 1 heterocycles. The molecule has 4 N–H and O–H groups in total. The largest absolute Gasteiger partial charge is 0.455 e. The van der Waals surface area contributed by atoms with Crippen molar-refractivity contribution < 1.29 is 31.1 Å². The van der Waals surface area contributed by atoms with E-state index in [1.807, 2.05) is 0 Å². The Morgan fingerprint density at radius 3 is 2.35 bits per heavy atom. The predicted molar refractivity (Wildman–Crippen MR) is 135 cm³/mol. The average molecular weight is 530 g/mol. The number of hydrogen-bond acceptors (Lipinski definition) is 4. The molecule has 7 nitrogen and oxygen atoms in total. The first-order valence-electron chi connectivity index (χ1n) is 11.4. The molecule has 1 amide bonds. The maximum atomic E-state index is 14.1. The van der Waals surface area contributed by atoms with Crippen molar-refractivity contribution in [1.29, 1.82) is 0 Å². The lowest BCUT2D eigenvalue weighted by atomic mass is 10.00. The Hall–Kier alpha value is -3.83. The summed E-state index contributed by atoms with van der Waals surface area (Å²) < 4.78 is 71.4. The van der Waals surface area contributed by atoms with Gasteiger partial charge in [0.25, 0.3) is 17.2 Å². The summed E-state index contributed by atoms with van der Waals surface area (Å²) in [7, 11) is 1.48. The van der Waals surface area contributed by atoms with Crippen molar-refractivity contribution in [2.24, 2.45) is 0 Å². The highest BCUT2D eigenvalue weighted by molar-refractivity contribution is 7.80. The normalized spacial score (nSPS) is 14.1. The van der Waals surface area contributed by atoms with Crippen molar-refractivity contribution in [3.63, 3.8) is 0 Å². The van der Waals surface area contributed by atoms with Crippen LogP contribution in [0.3, 0.4) is 0 Å². The highest BCUT2D eigenvalue weighted by Crippen LogP contribution is 2.48. The second kappa shape index (κ2) is 9.56. The number of hydrogen-bond donors (Lipinski definition) is 3. The minimum atomic E-state index is -2.57. The minimum Gasteiger partial charge on any atom is -0.455 e. The number of benzene rings is 3. The van der Waals surface area contributed by atoms with E-state index in [0.717, 1.165) is 29.3 Å². The van der Waals surface area contributed by atoms with Crippen LogP contribution in [0.5, 0.6) is 0 Å². The lowest BCUT2D eigenvalue weighted by Gasteiger charge is -2.23. The Balaban J connectivity index is 1.69. The Morgan fingerprint density at radius 2 is 1.78 bits per heavy atom. The summed E-state index contributed by atoms with van der Waals surface area (Å²) in [5.41, 5.74) is 6.83. The Labute approximate surface area is 212 Å². The smallest absolute Gasteiger partial charge is 0.262 e. The van der Waals surface area contributed by atoms with Gasteiger partial charge in [-0.05, 0) is 72.4 Å². The van der Waals surface area contributed by atoms with Crippen LogP contribution in [0.1, 0.15) is 40.2 Å². The zero-order valence-corrected chi connectivity index (χ0v) is 20.4. The fraction of sp³-hybridized carbons (Fsp3) is 0.192. The topological polar surface area (TPSA) is 109 Å². The third-order valence-electron chi connectivity index (χ3n) is 6.34. The van der Waals surface area contributed by atoms with Gasteiger partial charge in [0.2, 0.25) is 0 Å². The molecule has 0 spiro atoms. The van der Waals surface area contributed by atoms with Gasteiger partial charge in [-0.1, -0.05) is 0 Å². The van der Waals surface area contributed by atoms with Crippen LogP contribution in [0.25, 0.3) is 22.3 Å². The number of nitrogens with one attached hydrogen (secondary N) is 1. The van der Waals surface area contributed by atoms with Crippen LogP contribution in [-0.2, 0) is 17.8 Å². The fourth-order valence-electron chi connectivity index (χ4n) is 4.36. The highest BCUT2D eigenvalue weighted by Gasteiger charge is 2.32. The molecule has 37 heavy (non-hydrogen) atoms. The Bertz CT molecular complexity index is 1530. The number of halogens is 3. The maximum Gasteiger partial charge on any atom is 0.262 e. The van der Waals surface area contributed by atoms with Gasteiger partial charge in [0.05, 0.1) is 17.8 Å². The lowest BCUT2D eigenvalue weighted by Crippen LogP contribution is -2.26. The summed E-state index contributed by atoms with van der Waals surface area (Å²) in [6.07, 6.45) is 1.65. The van der Waals surface area contributed by atoms with Crippen molar-refractivity contribution in [3.8, 4) is 11.3 Å². The molecule has 11 heteroatoms. The molecule has 0 saturated heterocycles. The van der Waals surface area contributed by atoms with Crippen LogP contribution in [-0.4, -0.2) is 21.7 Å². The van der Waals surface area contributed by atoms with Crippen LogP contribution in [0.4, 0.5) is 24.5 Å². The molecule has 1 aliphatic carbocycles. The van der Waals surface area contributed by atoms with Gasteiger partial charge in [-0.15, -0.1) is 0 Å². The Kier molecular flexibility index (Phi) is 6.42. The molecule has 1 saturated carbocycles. The fourth-order valence-corrected chi connectivity index (χ4v) is 4.95. The number of nitrogens with two attached hydrogens (primary N) is 1. The summed E-state index contributed by atoms with van der Waals surface area (Å²) in [6, 6.07) is 10.8. The van der Waals surface area contributed by atoms with Gasteiger partial charge < -0.3 is 15.5 Å². The van der Waals surface area contributed by atoms with E-state index in [2.05, 4.69) is 5.32 Å². The first-order chi connectivity index (χ1) is 17.7. The van der Waals surface area contributed by atoms with Crippen LogP contribution >= 0.6 is 0 Å². The second-order valence-electron chi connectivity index (χ2n) is 8.81. The molecule has 3 aromatic carbocycles. The lowest BCUT2D eigenvalue weighted by molar-refractivity contribution is 0.0964. The number of carbonyl (C=O) groups is 1. The number of anilines is 2. The van der Waals surface area contributed by atoms with Crippen LogP contribution in [0, 0.1) is 17.5 Å². The molecule has 0 bridgehead atoms. The monoisotopic (exact) mass is 529 g/mol. The molecule has 192 valence electrons. The number of rotatable bonds is 7. The van der Waals surface area contributed by atoms with E-state index in [0.29, 0.717) is 22.2 Å². The first-order valence-corrected chi connectivity index (χ1v) is 12.4. The summed E-state index contributed by atoms with van der Waals surface area (Å²) in [6.45, 7) is -0.295. The molecule has 0 aliphatic heterocycles. The predicted octanol–water partition coefficient (Wildman–Crippen LogP) is 5.48. The summed E-state index contributed by atoms with van der Waals surface area (Å²) >= 11 is -2.57. The zero-order chi connectivity index (χ0) is 26.4. The minimum absolute atomic E-state index is 0.0621. The molecule has 1 unspecified atom stereocenters. The van der Waals surface area contributed by atoms with Gasteiger partial charge in [-0.2, -0.15) is 0 Å². The van der Waals surface area contributed by atoms with E-state index < -0.39 is 40.3 Å². The number of amides is 1. The number of nitrogens with zero attached hydrogens (tertiary/aromatic N) is 1. The van der Waals surface area contributed by atoms with E-state index in [9.17, 15) is 26.7 Å². The third kappa shape index (κ3) is 4.67. The number of furan rings is 1. The summed E-state index contributed by atoms with van der Waals surface area (Å²) in [5, 5.41) is 3.08. The molecule has 4 aromatic rings. The van der Waals surface area contributed by atoms with E-state index in [4.69, 9.17) is 10.2 Å². The number of nitrogen functional groups attached to an aromatic ring is 1. The van der Waals surface area contributed by atoms with Gasteiger partial charge >= 0.3 is 0 Å². The molecule has 1 atom stereocenters. The van der Waals surface area contributed by atoms with E-state index in [1.165, 1.54) is 31.3 Å². The Morgan fingerprint density at radius 1 is 1.14 bits per heavy atom. The van der Waals surface area contributed by atoms with E-state index in [1.54, 1.807) is 12.1 Å². The molecule has 1 fully saturated rings. The van der Waals surface area contributed by atoms with Crippen LogP contribution in [0.2, 0.25) is 0 Å². The summed E-state index contributed by atoms with van der Waals surface area (Å²) in [5.74, 6) is -2.53. The first kappa shape index (κ1) is 24.8. The SMILES string of the molecule is CNC(=O)c1c(-c2ccc(F)cc2)oc2cc(N(Cc3cc(F)c(N)c(F)c3)S(=O)O)c(C3CC3)cc12. The van der Waals surface area contributed by atoms with Gasteiger partial charge in [0.1, 0.15) is 34.5 Å². The van der Waals surface area contributed by atoms with Gasteiger partial charge in [-0.25, -0.2) is 17.4 Å². The standard InChI is InChI=1S/C26H22F3N3O4S/c1-31-26(33)23-18-10-17(14-2-3-14)21(11-22(18)36-25(23)15-4-6-16(27)7-5-15)32(37(34)35)12-13-8-19(28)24(30)20(29)9-13/h4-11,14H,2-3,12,30H2,1H3,(H,31,33)(H,34,35). The maximum absolute atomic E-state index is 14.1. The molecular formula is C26H22F3N3O4S. The number of fused-ring (bicyclic) bond motifs is 1. The van der Waals surface area contributed by atoms with Gasteiger partial charge in [0, 0.05) is 24.1 Å². The van der Waals surface area contributed by atoms with Gasteiger partial charge in [0.15, 0.2) is 0 Å². The average Bonchev–Trinajstić information content (AvgIpc) is 3.65. The van der Waals surface area contributed by atoms with Crippen molar-refractivity contribution in [2.75, 3.05) is 17.1 Å². The van der Waals surface area contributed by atoms with E-state index in [-0.39, 0.29) is 34.9 Å². The van der Waals surface area contributed by atoms with Crippen molar-refractivity contribution in [2.45, 2.75) is 25.3 Å². The molecule has 1 aromatic heterocycles. The second-order valence-corrected chi connectivity index (χ2v) is 9.72. The van der Waals surface area contributed by atoms with Crippen molar-refractivity contribution in [3.05, 3.63) is 82.7 Å². The molecule has 1 aliphatic rings. The third-order valence-corrected chi connectivity index (χ3v) is 7.04. The van der Waals surface area contributed by atoms with Crippen molar-refractivity contribution >= 4 is 39.5 Å². The van der Waals surface area contributed by atoms with E-state index >= 15 is 0 Å². The summed E-state index contributed by atoms with van der Waals surface area (Å²) in [4.78, 5) is 12.9. The van der Waals surface area contributed by atoms with Gasteiger partial charge in [-0.3, -0.25) is 13.7 Å². The molecule has 0 radical (unpaired) electrons. The number of carbonyl (C=O) groups excluding carboxylic acids is 1. The van der Waals surface area contributed by atoms with Crippen LogP contribution in [0.15, 0.2) is 52.9 Å². The van der Waals surface area contributed by atoms with Crippen LogP contribution < -0.4 is 15.4 Å².